The van der Waals surface area contributed by atoms with Crippen LogP contribution in [0, 0.1) is 12.7 Å². The summed E-state index contributed by atoms with van der Waals surface area (Å²) in [6, 6.07) is 13.9. The van der Waals surface area contributed by atoms with Gasteiger partial charge in [0.25, 0.3) is 0 Å². The molecule has 3 rings (SSSR count). The molecular formula is C20H24FNO2. The number of likely N-dealkylation sites (tertiary alicyclic amines) is 1. The number of β-amino-alcohol motifs (C(OH)–C–C–N with tert-alkyl or cyclic N) is 1. The fourth-order valence-electron chi connectivity index (χ4n) is 3.50. The topological polar surface area (TPSA) is 43.7 Å². The molecule has 24 heavy (non-hydrogen) atoms. The summed E-state index contributed by atoms with van der Waals surface area (Å²) in [4.78, 5) is 2.15. The van der Waals surface area contributed by atoms with Crippen molar-refractivity contribution >= 4 is 0 Å². The lowest BCUT2D eigenvalue weighted by molar-refractivity contribution is -0.0348. The molecule has 0 amide bonds. The summed E-state index contributed by atoms with van der Waals surface area (Å²) < 4.78 is 13.0. The van der Waals surface area contributed by atoms with E-state index in [0.29, 0.717) is 19.4 Å². The highest BCUT2D eigenvalue weighted by Gasteiger charge is 2.35. The van der Waals surface area contributed by atoms with Crippen molar-refractivity contribution < 1.29 is 14.6 Å². The second kappa shape index (κ2) is 7.01. The molecule has 128 valence electrons. The zero-order chi connectivity index (χ0) is 17.2. The molecule has 1 heterocycles. The third-order valence-electron chi connectivity index (χ3n) is 5.02. The van der Waals surface area contributed by atoms with Gasteiger partial charge in [0.05, 0.1) is 11.7 Å². The molecule has 0 radical (unpaired) electrons. The SMILES string of the molecule is Cc1ccccc1C1(O)CCN(CC(O)c2ccc(F)cc2)CC1. The minimum atomic E-state index is -0.789. The molecule has 0 bridgehead atoms. The number of benzene rings is 2. The second-order valence-corrected chi connectivity index (χ2v) is 6.71. The van der Waals surface area contributed by atoms with E-state index in [-0.39, 0.29) is 5.82 Å². The standard InChI is InChI=1S/C20H24FNO2/c1-15-4-2-3-5-18(15)20(24)10-12-22(13-11-20)14-19(23)16-6-8-17(21)9-7-16/h2-9,19,23-24H,10-14H2,1H3. The van der Waals surface area contributed by atoms with E-state index in [1.807, 2.05) is 31.2 Å². The van der Waals surface area contributed by atoms with Crippen molar-refractivity contribution in [2.75, 3.05) is 19.6 Å². The van der Waals surface area contributed by atoms with Gasteiger partial charge in [0, 0.05) is 19.6 Å². The maximum Gasteiger partial charge on any atom is 0.123 e. The van der Waals surface area contributed by atoms with Gasteiger partial charge in [-0.2, -0.15) is 0 Å². The van der Waals surface area contributed by atoms with E-state index in [9.17, 15) is 14.6 Å². The van der Waals surface area contributed by atoms with Gasteiger partial charge in [-0.05, 0) is 48.6 Å². The number of hydrogen-bond acceptors (Lipinski definition) is 3. The summed E-state index contributed by atoms with van der Waals surface area (Å²) >= 11 is 0. The molecule has 1 unspecified atom stereocenters. The van der Waals surface area contributed by atoms with Crippen molar-refractivity contribution in [2.45, 2.75) is 31.5 Å². The third-order valence-corrected chi connectivity index (χ3v) is 5.02. The lowest BCUT2D eigenvalue weighted by Gasteiger charge is -2.39. The van der Waals surface area contributed by atoms with Crippen LogP contribution in [0.25, 0.3) is 0 Å². The van der Waals surface area contributed by atoms with Crippen molar-refractivity contribution in [3.63, 3.8) is 0 Å². The molecule has 2 aromatic rings. The summed E-state index contributed by atoms with van der Waals surface area (Å²) in [7, 11) is 0. The predicted octanol–water partition coefficient (Wildman–Crippen LogP) is 3.15. The van der Waals surface area contributed by atoms with Gasteiger partial charge in [-0.25, -0.2) is 4.39 Å². The zero-order valence-electron chi connectivity index (χ0n) is 14.0. The van der Waals surface area contributed by atoms with E-state index < -0.39 is 11.7 Å². The van der Waals surface area contributed by atoms with Crippen molar-refractivity contribution in [1.82, 2.24) is 4.90 Å². The average Bonchev–Trinajstić information content (AvgIpc) is 2.58. The number of rotatable bonds is 4. The summed E-state index contributed by atoms with van der Waals surface area (Å²) in [5.41, 5.74) is 2.04. The monoisotopic (exact) mass is 329 g/mol. The molecule has 3 nitrogen and oxygen atoms in total. The highest BCUT2D eigenvalue weighted by molar-refractivity contribution is 5.31. The first kappa shape index (κ1) is 17.1. The van der Waals surface area contributed by atoms with Crippen LogP contribution < -0.4 is 0 Å². The highest BCUT2D eigenvalue weighted by Crippen LogP contribution is 2.35. The Balaban J connectivity index is 1.61. The number of hydrogen-bond donors (Lipinski definition) is 2. The molecule has 1 atom stereocenters. The molecule has 1 fully saturated rings. The first-order chi connectivity index (χ1) is 11.5. The molecule has 1 saturated heterocycles. The maximum atomic E-state index is 13.0. The Hall–Kier alpha value is -1.75. The summed E-state index contributed by atoms with van der Waals surface area (Å²) in [5, 5.41) is 21.3. The van der Waals surface area contributed by atoms with Gasteiger partial charge in [0.1, 0.15) is 5.82 Å². The number of nitrogens with zero attached hydrogens (tertiary/aromatic N) is 1. The van der Waals surface area contributed by atoms with Gasteiger partial charge in [-0.1, -0.05) is 36.4 Å². The van der Waals surface area contributed by atoms with E-state index in [4.69, 9.17) is 0 Å². The van der Waals surface area contributed by atoms with Crippen LogP contribution in [0.4, 0.5) is 4.39 Å². The van der Waals surface area contributed by atoms with E-state index in [1.165, 1.54) is 12.1 Å². The van der Waals surface area contributed by atoms with Crippen molar-refractivity contribution in [2.24, 2.45) is 0 Å². The normalized spacial score (nSPS) is 19.2. The summed E-state index contributed by atoms with van der Waals surface area (Å²) in [6.45, 7) is 3.97. The maximum absolute atomic E-state index is 13.0. The Morgan fingerprint density at radius 2 is 1.71 bits per heavy atom. The number of aliphatic hydroxyl groups excluding tert-OH is 1. The van der Waals surface area contributed by atoms with Crippen LogP contribution in [-0.2, 0) is 5.60 Å². The summed E-state index contributed by atoms with van der Waals surface area (Å²) in [5.74, 6) is -0.299. The van der Waals surface area contributed by atoms with E-state index >= 15 is 0 Å². The van der Waals surface area contributed by atoms with Crippen molar-refractivity contribution in [3.8, 4) is 0 Å². The van der Waals surface area contributed by atoms with Crippen molar-refractivity contribution in [1.29, 1.82) is 0 Å². The molecule has 2 aromatic carbocycles. The molecule has 0 saturated carbocycles. The molecular weight excluding hydrogens is 305 g/mol. The minimum absolute atomic E-state index is 0.299. The quantitative estimate of drug-likeness (QED) is 0.906. The van der Waals surface area contributed by atoms with E-state index in [1.54, 1.807) is 12.1 Å². The third kappa shape index (κ3) is 3.66. The van der Waals surface area contributed by atoms with Gasteiger partial charge >= 0.3 is 0 Å². The Labute approximate surface area is 142 Å². The van der Waals surface area contributed by atoms with Crippen LogP contribution in [-0.4, -0.2) is 34.7 Å². The molecule has 0 spiro atoms. The van der Waals surface area contributed by atoms with Gasteiger partial charge in [0.2, 0.25) is 0 Å². The number of aryl methyl sites for hydroxylation is 1. The highest BCUT2D eigenvalue weighted by atomic mass is 19.1. The smallest absolute Gasteiger partial charge is 0.123 e. The average molecular weight is 329 g/mol. The first-order valence-corrected chi connectivity index (χ1v) is 8.42. The Morgan fingerprint density at radius 1 is 1.08 bits per heavy atom. The van der Waals surface area contributed by atoms with Gasteiger partial charge < -0.3 is 15.1 Å². The molecule has 2 N–H and O–H groups in total. The van der Waals surface area contributed by atoms with Gasteiger partial charge in [-0.15, -0.1) is 0 Å². The van der Waals surface area contributed by atoms with Crippen LogP contribution in [0.15, 0.2) is 48.5 Å². The summed E-state index contributed by atoms with van der Waals surface area (Å²) in [6.07, 6.45) is 0.650. The fraction of sp³-hybridized carbons (Fsp3) is 0.400. The van der Waals surface area contributed by atoms with E-state index in [2.05, 4.69) is 4.90 Å². The van der Waals surface area contributed by atoms with Crippen LogP contribution >= 0.6 is 0 Å². The first-order valence-electron chi connectivity index (χ1n) is 8.42. The van der Waals surface area contributed by atoms with Crippen molar-refractivity contribution in [3.05, 3.63) is 71.0 Å². The second-order valence-electron chi connectivity index (χ2n) is 6.71. The lowest BCUT2D eigenvalue weighted by atomic mass is 9.82. The zero-order valence-corrected chi connectivity index (χ0v) is 14.0. The molecule has 0 aliphatic carbocycles. The Morgan fingerprint density at radius 3 is 2.33 bits per heavy atom. The Kier molecular flexibility index (Phi) is 4.99. The van der Waals surface area contributed by atoms with Crippen LogP contribution in [0.1, 0.15) is 35.6 Å². The minimum Gasteiger partial charge on any atom is -0.387 e. The number of halogens is 1. The van der Waals surface area contributed by atoms with Gasteiger partial charge in [-0.3, -0.25) is 0 Å². The van der Waals surface area contributed by atoms with Gasteiger partial charge in [0.15, 0.2) is 0 Å². The van der Waals surface area contributed by atoms with Crippen LogP contribution in [0.5, 0.6) is 0 Å². The number of aliphatic hydroxyl groups is 2. The molecule has 1 aliphatic heterocycles. The van der Waals surface area contributed by atoms with Crippen LogP contribution in [0.3, 0.4) is 0 Å². The lowest BCUT2D eigenvalue weighted by Crippen LogP contribution is -2.44. The molecule has 0 aromatic heterocycles. The Bertz CT molecular complexity index is 678. The van der Waals surface area contributed by atoms with Crippen LogP contribution in [0.2, 0.25) is 0 Å². The predicted molar refractivity (Wildman–Crippen MR) is 92.1 cm³/mol. The van der Waals surface area contributed by atoms with E-state index in [0.717, 1.165) is 29.8 Å². The fourth-order valence-corrected chi connectivity index (χ4v) is 3.50. The molecule has 4 heteroatoms. The largest absolute Gasteiger partial charge is 0.387 e. The number of piperidine rings is 1. The molecule has 1 aliphatic rings.